The van der Waals surface area contributed by atoms with Gasteiger partial charge in [-0.15, -0.1) is 0 Å². The normalized spacial score (nSPS) is 14.3. The van der Waals surface area contributed by atoms with E-state index >= 15 is 0 Å². The Morgan fingerprint density at radius 3 is 2.50 bits per heavy atom. The number of phenolic OH excluding ortho intramolecular Hbond substituents is 1. The summed E-state index contributed by atoms with van der Waals surface area (Å²) in [6.07, 6.45) is 0.838. The molecule has 0 radical (unpaired) electrons. The van der Waals surface area contributed by atoms with Crippen LogP contribution in [0.25, 0.3) is 0 Å². The second kappa shape index (κ2) is 6.75. The molecule has 0 aliphatic heterocycles. The first-order chi connectivity index (χ1) is 8.43. The molecule has 0 fully saturated rings. The minimum Gasteiger partial charge on any atom is -0.503 e. The molecule has 1 aromatic rings. The first kappa shape index (κ1) is 15.8. The Hall–Kier alpha value is -0.300. The van der Waals surface area contributed by atoms with E-state index in [4.69, 9.17) is 10.5 Å². The van der Waals surface area contributed by atoms with Crippen LogP contribution in [0.5, 0.6) is 11.5 Å². The predicted octanol–water partition coefficient (Wildman–Crippen LogP) is 3.09. The number of methoxy groups -OCH3 is 1. The highest BCUT2D eigenvalue weighted by atomic mass is 79.9. The number of phenols is 1. The molecule has 2 atom stereocenters. The second-order valence-electron chi connectivity index (χ2n) is 4.03. The van der Waals surface area contributed by atoms with Crippen LogP contribution in [-0.2, 0) is 0 Å². The molecule has 102 valence electrons. The van der Waals surface area contributed by atoms with Gasteiger partial charge in [-0.05, 0) is 49.9 Å². The fourth-order valence-corrected chi connectivity index (χ4v) is 2.68. The number of hydrogen-bond donors (Lipinski definition) is 3. The molecule has 0 saturated carbocycles. The number of aromatic hydroxyl groups is 1. The predicted molar refractivity (Wildman–Crippen MR) is 77.9 cm³/mol. The Labute approximate surface area is 123 Å². The number of benzene rings is 1. The van der Waals surface area contributed by atoms with E-state index < -0.39 is 12.1 Å². The van der Waals surface area contributed by atoms with Crippen molar-refractivity contribution >= 4 is 31.9 Å². The van der Waals surface area contributed by atoms with Gasteiger partial charge < -0.3 is 20.7 Å². The number of aliphatic hydroxyl groups excluding tert-OH is 1. The molecule has 0 spiro atoms. The van der Waals surface area contributed by atoms with E-state index in [1.165, 1.54) is 7.11 Å². The van der Waals surface area contributed by atoms with Crippen LogP contribution in [0.15, 0.2) is 15.0 Å². The summed E-state index contributed by atoms with van der Waals surface area (Å²) < 4.78 is 6.17. The highest BCUT2D eigenvalue weighted by Crippen LogP contribution is 2.43. The van der Waals surface area contributed by atoms with Gasteiger partial charge in [-0.25, -0.2) is 0 Å². The molecule has 1 aromatic carbocycles. The summed E-state index contributed by atoms with van der Waals surface area (Å²) >= 11 is 6.62. The van der Waals surface area contributed by atoms with Crippen molar-refractivity contribution in [3.63, 3.8) is 0 Å². The molecule has 6 heteroatoms. The molecular formula is C12H17Br2NO3. The van der Waals surface area contributed by atoms with Gasteiger partial charge >= 0.3 is 0 Å². The van der Waals surface area contributed by atoms with Gasteiger partial charge in [0.2, 0.25) is 0 Å². The summed E-state index contributed by atoms with van der Waals surface area (Å²) in [7, 11) is 1.47. The van der Waals surface area contributed by atoms with Crippen molar-refractivity contribution in [2.45, 2.75) is 31.9 Å². The molecule has 0 aliphatic carbocycles. The van der Waals surface area contributed by atoms with Crippen LogP contribution in [-0.4, -0.2) is 23.4 Å². The number of nitrogens with two attached hydrogens (primary N) is 1. The smallest absolute Gasteiger partial charge is 0.173 e. The molecule has 4 nitrogen and oxygen atoms in total. The maximum absolute atomic E-state index is 9.95. The number of ether oxygens (including phenoxy) is 1. The summed E-state index contributed by atoms with van der Waals surface area (Å²) in [6, 6.07) is 1.10. The van der Waals surface area contributed by atoms with Crippen LogP contribution >= 0.6 is 31.9 Å². The van der Waals surface area contributed by atoms with Gasteiger partial charge in [0, 0.05) is 4.47 Å². The van der Waals surface area contributed by atoms with Crippen LogP contribution in [0.4, 0.5) is 0 Å². The topological polar surface area (TPSA) is 75.7 Å². The molecule has 4 N–H and O–H groups in total. The molecule has 0 amide bonds. The Morgan fingerprint density at radius 1 is 1.39 bits per heavy atom. The number of halogens is 2. The van der Waals surface area contributed by atoms with Crippen molar-refractivity contribution in [3.05, 3.63) is 20.6 Å². The van der Waals surface area contributed by atoms with Crippen LogP contribution in [0.1, 0.15) is 31.4 Å². The lowest BCUT2D eigenvalue weighted by Crippen LogP contribution is -2.26. The maximum atomic E-state index is 9.95. The summed E-state index contributed by atoms with van der Waals surface area (Å²) in [5.41, 5.74) is 6.72. The molecule has 0 unspecified atom stereocenters. The van der Waals surface area contributed by atoms with Crippen molar-refractivity contribution in [1.29, 1.82) is 0 Å². The van der Waals surface area contributed by atoms with Crippen molar-refractivity contribution < 1.29 is 14.9 Å². The van der Waals surface area contributed by atoms with Gasteiger partial charge in [-0.1, -0.05) is 13.3 Å². The van der Waals surface area contributed by atoms with Gasteiger partial charge in [0.15, 0.2) is 11.5 Å². The molecule has 18 heavy (non-hydrogen) atoms. The third-order valence-electron chi connectivity index (χ3n) is 2.75. The molecule has 0 saturated heterocycles. The number of aliphatic hydroxyl groups is 1. The Morgan fingerprint density at radius 2 is 2.00 bits per heavy atom. The van der Waals surface area contributed by atoms with E-state index in [2.05, 4.69) is 31.9 Å². The van der Waals surface area contributed by atoms with E-state index in [-0.39, 0.29) is 5.75 Å². The van der Waals surface area contributed by atoms with Crippen molar-refractivity contribution in [3.8, 4) is 11.5 Å². The zero-order valence-electron chi connectivity index (χ0n) is 10.3. The first-order valence-corrected chi connectivity index (χ1v) is 7.21. The van der Waals surface area contributed by atoms with Crippen molar-refractivity contribution in [2.75, 3.05) is 7.11 Å². The van der Waals surface area contributed by atoms with Gasteiger partial charge in [0.05, 0.1) is 23.7 Å². The average molecular weight is 383 g/mol. The number of hydrogen-bond acceptors (Lipinski definition) is 4. The van der Waals surface area contributed by atoms with Crippen LogP contribution in [0.3, 0.4) is 0 Å². The first-order valence-electron chi connectivity index (χ1n) is 5.62. The summed E-state index contributed by atoms with van der Waals surface area (Å²) in [6.45, 7) is 1.98. The zero-order valence-corrected chi connectivity index (χ0v) is 13.5. The van der Waals surface area contributed by atoms with E-state index in [0.29, 0.717) is 26.7 Å². The molecular weight excluding hydrogens is 366 g/mol. The molecule has 1 rings (SSSR count). The fraction of sp³-hybridized carbons (Fsp3) is 0.500. The lowest BCUT2D eigenvalue weighted by Gasteiger charge is -2.21. The van der Waals surface area contributed by atoms with Gasteiger partial charge in [-0.2, -0.15) is 0 Å². The maximum Gasteiger partial charge on any atom is 0.173 e. The monoisotopic (exact) mass is 381 g/mol. The summed E-state index contributed by atoms with van der Waals surface area (Å²) in [4.78, 5) is 0. The molecule has 0 bridgehead atoms. The Bertz CT molecular complexity index is 426. The standard InChI is InChI=1S/C12H17Br2NO3/c1-3-4-7(16)11(15)6-5-8(18-2)12(17)10(14)9(6)13/h5,7,11,16-17H,3-4,15H2,1-2H3/t7-,11+/m0/s1. The SMILES string of the molecule is CCC[C@H](O)[C@H](N)c1cc(OC)c(O)c(Br)c1Br. The molecule has 0 aliphatic rings. The van der Waals surface area contributed by atoms with E-state index in [1.54, 1.807) is 6.07 Å². The highest BCUT2D eigenvalue weighted by molar-refractivity contribution is 9.13. The summed E-state index contributed by atoms with van der Waals surface area (Å²) in [5.74, 6) is 0.324. The molecule has 0 aromatic heterocycles. The fourth-order valence-electron chi connectivity index (χ4n) is 1.69. The second-order valence-corrected chi connectivity index (χ2v) is 5.61. The Kier molecular flexibility index (Phi) is 5.91. The lowest BCUT2D eigenvalue weighted by molar-refractivity contribution is 0.134. The van der Waals surface area contributed by atoms with E-state index in [9.17, 15) is 10.2 Å². The third kappa shape index (κ3) is 3.17. The number of rotatable bonds is 5. The average Bonchev–Trinajstić information content (AvgIpc) is 2.36. The third-order valence-corrected chi connectivity index (χ3v) is 4.91. The quantitative estimate of drug-likeness (QED) is 0.731. The van der Waals surface area contributed by atoms with Gasteiger partial charge in [0.1, 0.15) is 0 Å². The van der Waals surface area contributed by atoms with Crippen molar-refractivity contribution in [2.24, 2.45) is 5.73 Å². The Balaban J connectivity index is 3.20. The zero-order chi connectivity index (χ0) is 13.9. The minimum absolute atomic E-state index is 0.00491. The van der Waals surface area contributed by atoms with Gasteiger partial charge in [-0.3, -0.25) is 0 Å². The lowest BCUT2D eigenvalue weighted by atomic mass is 9.99. The van der Waals surface area contributed by atoms with Crippen LogP contribution in [0, 0.1) is 0 Å². The van der Waals surface area contributed by atoms with Crippen LogP contribution in [0.2, 0.25) is 0 Å². The van der Waals surface area contributed by atoms with Crippen LogP contribution < -0.4 is 10.5 Å². The minimum atomic E-state index is -0.632. The summed E-state index contributed by atoms with van der Waals surface area (Å²) in [5, 5.41) is 19.8. The largest absolute Gasteiger partial charge is 0.503 e. The van der Waals surface area contributed by atoms with Crippen molar-refractivity contribution in [1.82, 2.24) is 0 Å². The van der Waals surface area contributed by atoms with Gasteiger partial charge in [0.25, 0.3) is 0 Å². The van der Waals surface area contributed by atoms with E-state index in [1.807, 2.05) is 6.92 Å². The molecule has 0 heterocycles. The van der Waals surface area contributed by atoms with E-state index in [0.717, 1.165) is 6.42 Å². The highest BCUT2D eigenvalue weighted by Gasteiger charge is 2.23.